The third-order valence-corrected chi connectivity index (χ3v) is 6.82. The van der Waals surface area contributed by atoms with E-state index in [4.69, 9.17) is 22.1 Å². The second kappa shape index (κ2) is 11.5. The van der Waals surface area contributed by atoms with Gasteiger partial charge in [-0.15, -0.1) is 0 Å². The highest BCUT2D eigenvalue weighted by molar-refractivity contribution is 6.31. The van der Waals surface area contributed by atoms with E-state index in [1.165, 1.54) is 56.5 Å². The maximum absolute atomic E-state index is 15.3. The average Bonchev–Trinajstić information content (AvgIpc) is 2.89. The largest absolute Gasteiger partial charge is 0.494 e. The van der Waals surface area contributed by atoms with Gasteiger partial charge in [0.05, 0.1) is 19.2 Å². The molecule has 3 aromatic carbocycles. The first kappa shape index (κ1) is 28.1. The molecule has 39 heavy (non-hydrogen) atoms. The van der Waals surface area contributed by atoms with Crippen molar-refractivity contribution in [2.45, 2.75) is 32.5 Å². The summed E-state index contributed by atoms with van der Waals surface area (Å²) in [5.41, 5.74) is 3.65. The Balaban J connectivity index is 1.91. The Hall–Kier alpha value is -3.89. The zero-order chi connectivity index (χ0) is 28.4. The van der Waals surface area contributed by atoms with Crippen LogP contribution >= 0.6 is 11.6 Å². The first-order valence-corrected chi connectivity index (χ1v) is 12.2. The quantitative estimate of drug-likeness (QED) is 0.313. The molecule has 4 aromatic rings. The number of hydrogen-bond donors (Lipinski definition) is 1. The Morgan fingerprint density at radius 2 is 1.49 bits per heavy atom. The number of hydrogen-bond acceptors (Lipinski definition) is 4. The van der Waals surface area contributed by atoms with E-state index >= 15 is 4.39 Å². The van der Waals surface area contributed by atoms with E-state index in [9.17, 15) is 22.8 Å². The summed E-state index contributed by atoms with van der Waals surface area (Å²) in [4.78, 5) is 27.2. The molecule has 1 heterocycles. The molecule has 1 aromatic heterocycles. The molecule has 0 aliphatic carbocycles. The Kier molecular flexibility index (Phi) is 8.27. The third kappa shape index (κ3) is 5.48. The van der Waals surface area contributed by atoms with Crippen LogP contribution in [0.5, 0.6) is 5.75 Å². The van der Waals surface area contributed by atoms with Crippen molar-refractivity contribution in [3.63, 3.8) is 0 Å². The van der Waals surface area contributed by atoms with Crippen molar-refractivity contribution in [1.29, 1.82) is 0 Å². The number of benzene rings is 3. The van der Waals surface area contributed by atoms with Crippen molar-refractivity contribution >= 4 is 11.6 Å². The van der Waals surface area contributed by atoms with Crippen LogP contribution in [0.25, 0.3) is 11.1 Å². The van der Waals surface area contributed by atoms with Gasteiger partial charge in [0, 0.05) is 40.0 Å². The van der Waals surface area contributed by atoms with Crippen LogP contribution in [0, 0.1) is 30.2 Å². The van der Waals surface area contributed by atoms with Gasteiger partial charge in [-0.3, -0.25) is 13.9 Å². The van der Waals surface area contributed by atoms with Crippen molar-refractivity contribution in [3.05, 3.63) is 121 Å². The van der Waals surface area contributed by atoms with E-state index in [1.807, 2.05) is 0 Å². The Morgan fingerprint density at radius 1 is 0.897 bits per heavy atom. The van der Waals surface area contributed by atoms with E-state index < -0.39 is 59.2 Å². The summed E-state index contributed by atoms with van der Waals surface area (Å²) in [6.07, 6.45) is -0.129. The summed E-state index contributed by atoms with van der Waals surface area (Å²) in [7, 11) is 1.25. The number of methoxy groups -OCH3 is 1. The molecule has 1 atom stereocenters. The third-order valence-electron chi connectivity index (χ3n) is 6.46. The predicted molar refractivity (Wildman–Crippen MR) is 140 cm³/mol. The van der Waals surface area contributed by atoms with E-state index in [0.29, 0.717) is 0 Å². The molecule has 1 unspecified atom stereocenters. The van der Waals surface area contributed by atoms with Crippen molar-refractivity contribution < 1.29 is 22.3 Å². The maximum Gasteiger partial charge on any atom is 0.331 e. The van der Waals surface area contributed by atoms with Crippen molar-refractivity contribution in [3.8, 4) is 16.9 Å². The van der Waals surface area contributed by atoms with Gasteiger partial charge in [-0.25, -0.2) is 22.4 Å². The summed E-state index contributed by atoms with van der Waals surface area (Å²) in [6, 6.07) is 10.5. The fraction of sp³-hybridized carbons (Fsp3) is 0.214. The zero-order valence-corrected chi connectivity index (χ0v) is 21.7. The van der Waals surface area contributed by atoms with Crippen LogP contribution in [-0.2, 0) is 19.5 Å². The number of nitrogens with two attached hydrogens (primary N) is 1. The van der Waals surface area contributed by atoms with Crippen molar-refractivity contribution in [2.75, 3.05) is 7.11 Å². The molecule has 0 bridgehead atoms. The van der Waals surface area contributed by atoms with Crippen LogP contribution in [0.4, 0.5) is 17.6 Å². The van der Waals surface area contributed by atoms with Crippen LogP contribution in [0.3, 0.4) is 0 Å². The van der Waals surface area contributed by atoms with Gasteiger partial charge in [0.15, 0.2) is 11.6 Å². The molecular weight excluding hydrogens is 538 g/mol. The summed E-state index contributed by atoms with van der Waals surface area (Å²) >= 11 is 6.10. The molecule has 0 amide bonds. The van der Waals surface area contributed by atoms with E-state index in [1.54, 1.807) is 0 Å². The molecule has 0 aliphatic heterocycles. The minimum Gasteiger partial charge on any atom is -0.494 e. The minimum atomic E-state index is -0.978. The van der Waals surface area contributed by atoms with Gasteiger partial charge < -0.3 is 10.5 Å². The lowest BCUT2D eigenvalue weighted by Gasteiger charge is -2.21. The smallest absolute Gasteiger partial charge is 0.331 e. The highest BCUT2D eigenvalue weighted by Gasteiger charge is 2.24. The Morgan fingerprint density at radius 3 is 2.10 bits per heavy atom. The fourth-order valence-electron chi connectivity index (χ4n) is 4.45. The van der Waals surface area contributed by atoms with Crippen LogP contribution < -0.4 is 21.7 Å². The number of aromatic nitrogens is 2. The lowest BCUT2D eigenvalue weighted by molar-refractivity contribution is 0.387. The molecule has 0 aliphatic rings. The molecule has 11 heteroatoms. The lowest BCUT2D eigenvalue weighted by Crippen LogP contribution is -2.46. The van der Waals surface area contributed by atoms with Gasteiger partial charge in [0.25, 0.3) is 5.56 Å². The van der Waals surface area contributed by atoms with Crippen molar-refractivity contribution in [2.24, 2.45) is 5.73 Å². The monoisotopic (exact) mass is 561 g/mol. The molecule has 0 fully saturated rings. The number of halogens is 5. The van der Waals surface area contributed by atoms with Crippen LogP contribution in [0.15, 0.2) is 64.2 Å². The molecule has 0 spiro atoms. The first-order valence-electron chi connectivity index (χ1n) is 11.8. The van der Waals surface area contributed by atoms with Gasteiger partial charge >= 0.3 is 5.69 Å². The zero-order valence-electron chi connectivity index (χ0n) is 21.0. The van der Waals surface area contributed by atoms with E-state index in [0.717, 1.165) is 21.3 Å². The van der Waals surface area contributed by atoms with Gasteiger partial charge in [-0.1, -0.05) is 35.9 Å². The molecule has 6 nitrogen and oxygen atoms in total. The molecule has 0 radical (unpaired) electrons. The topological polar surface area (TPSA) is 79.2 Å². The minimum absolute atomic E-state index is 0.0261. The normalized spacial score (nSPS) is 12.0. The summed E-state index contributed by atoms with van der Waals surface area (Å²) in [5, 5.41) is 0.119. The molecule has 2 N–H and O–H groups in total. The number of rotatable bonds is 8. The van der Waals surface area contributed by atoms with Gasteiger partial charge in [-0.05, 0) is 43.7 Å². The second-order valence-corrected chi connectivity index (χ2v) is 9.34. The van der Waals surface area contributed by atoms with Gasteiger partial charge in [0.2, 0.25) is 0 Å². The maximum atomic E-state index is 15.3. The molecule has 204 valence electrons. The van der Waals surface area contributed by atoms with Crippen LogP contribution in [-0.4, -0.2) is 22.3 Å². The second-order valence-electron chi connectivity index (χ2n) is 8.93. The fourth-order valence-corrected chi connectivity index (χ4v) is 4.69. The Bertz CT molecular complexity index is 1630. The highest BCUT2D eigenvalue weighted by Crippen LogP contribution is 2.29. The molecular formula is C28H24ClF4N3O3. The number of ether oxygens (including phenoxy) is 1. The van der Waals surface area contributed by atoms with E-state index in [2.05, 4.69) is 0 Å². The SMILES string of the molecule is COc1cccc(-c2c(C)n(Cc3c(F)cccc3F)c(=O)n(CC(N)Cc3c(F)cccc3Cl)c2=O)c1F. The lowest BCUT2D eigenvalue weighted by atomic mass is 10.0. The summed E-state index contributed by atoms with van der Waals surface area (Å²) in [6.45, 7) is 0.372. The molecule has 0 saturated heterocycles. The molecule has 0 saturated carbocycles. The standard InChI is InChI=1S/C28H24ClF4N3O3/c1-15-25(17-6-3-11-24(39-2)26(17)33)27(37)36(13-16(34)12-18-20(29)7-4-8-21(18)30)28(38)35(15)14-19-22(31)9-5-10-23(19)32/h3-11,16H,12-14,34H2,1-2H3. The molecule has 4 rings (SSSR count). The summed E-state index contributed by atoms with van der Waals surface area (Å²) < 4.78 is 65.5. The van der Waals surface area contributed by atoms with Crippen LogP contribution in [0.1, 0.15) is 16.8 Å². The predicted octanol–water partition coefficient (Wildman–Crippen LogP) is 4.82. The van der Waals surface area contributed by atoms with Crippen molar-refractivity contribution in [1.82, 2.24) is 9.13 Å². The average molecular weight is 562 g/mol. The number of nitrogens with zero attached hydrogens (tertiary/aromatic N) is 2. The van der Waals surface area contributed by atoms with Gasteiger partial charge in [0.1, 0.15) is 17.5 Å². The summed E-state index contributed by atoms with van der Waals surface area (Å²) in [5.74, 6) is -3.43. The van der Waals surface area contributed by atoms with E-state index in [-0.39, 0.29) is 39.6 Å². The Labute approximate surface area is 225 Å². The first-order chi connectivity index (χ1) is 18.5. The highest BCUT2D eigenvalue weighted by atomic mass is 35.5. The van der Waals surface area contributed by atoms with Gasteiger partial charge in [-0.2, -0.15) is 0 Å². The van der Waals surface area contributed by atoms with Crippen LogP contribution in [0.2, 0.25) is 5.02 Å².